The van der Waals surface area contributed by atoms with Gasteiger partial charge >= 0.3 is 0 Å². The van der Waals surface area contributed by atoms with Crippen molar-refractivity contribution in [2.24, 2.45) is 0 Å². The van der Waals surface area contributed by atoms with E-state index in [1.165, 1.54) is 0 Å². The van der Waals surface area contributed by atoms with Crippen LogP contribution in [0.15, 0.2) is 24.3 Å². The summed E-state index contributed by atoms with van der Waals surface area (Å²) in [6.45, 7) is 3.39. The fourth-order valence-electron chi connectivity index (χ4n) is 1.51. The summed E-state index contributed by atoms with van der Waals surface area (Å²) in [6, 6.07) is 9.65. The molecule has 5 nitrogen and oxygen atoms in total. The van der Waals surface area contributed by atoms with Crippen molar-refractivity contribution in [2.45, 2.75) is 6.54 Å². The van der Waals surface area contributed by atoms with Gasteiger partial charge in [-0.3, -0.25) is 0 Å². The van der Waals surface area contributed by atoms with Gasteiger partial charge in [-0.15, -0.1) is 0 Å². The number of nitrogens with zero attached hydrogens (tertiary/aromatic N) is 1. The number of benzene rings is 1. The second kappa shape index (κ2) is 10.3. The van der Waals surface area contributed by atoms with Crippen LogP contribution < -0.4 is 10.1 Å². The molecule has 1 rings (SSSR count). The molecule has 0 amide bonds. The van der Waals surface area contributed by atoms with E-state index in [0.717, 1.165) is 17.9 Å². The molecule has 0 atom stereocenters. The summed E-state index contributed by atoms with van der Waals surface area (Å²) in [7, 11) is 1.65. The Hall–Kier alpha value is -1.61. The Morgan fingerprint density at radius 1 is 1.21 bits per heavy atom. The van der Waals surface area contributed by atoms with Gasteiger partial charge in [0.2, 0.25) is 0 Å². The van der Waals surface area contributed by atoms with Gasteiger partial charge in [0.25, 0.3) is 0 Å². The number of rotatable bonds is 10. The van der Waals surface area contributed by atoms with Crippen LogP contribution in [0.5, 0.6) is 5.75 Å². The average Bonchev–Trinajstić information content (AvgIpc) is 2.45. The van der Waals surface area contributed by atoms with E-state index in [0.29, 0.717) is 26.4 Å². The molecule has 5 heteroatoms. The zero-order valence-corrected chi connectivity index (χ0v) is 11.2. The normalized spacial score (nSPS) is 10.1. The molecule has 0 aromatic heterocycles. The van der Waals surface area contributed by atoms with Gasteiger partial charge in [-0.25, -0.2) is 0 Å². The molecule has 0 radical (unpaired) electrons. The molecule has 1 aromatic carbocycles. The fourth-order valence-corrected chi connectivity index (χ4v) is 1.51. The van der Waals surface area contributed by atoms with Crippen LogP contribution in [0.25, 0.3) is 0 Å². The quantitative estimate of drug-likeness (QED) is 0.646. The van der Waals surface area contributed by atoms with Gasteiger partial charge < -0.3 is 19.5 Å². The third kappa shape index (κ3) is 6.77. The Kier molecular flexibility index (Phi) is 8.39. The molecule has 0 aliphatic rings. The maximum Gasteiger partial charge on any atom is 0.174 e. The highest BCUT2D eigenvalue weighted by Gasteiger charge is 2.01. The number of nitrogens with one attached hydrogen (secondary N) is 1. The molecule has 0 spiro atoms. The number of hydrogen-bond acceptors (Lipinski definition) is 5. The van der Waals surface area contributed by atoms with Gasteiger partial charge in [0.05, 0.1) is 19.8 Å². The molecule has 0 bridgehead atoms. The molecule has 1 aromatic rings. The van der Waals surface area contributed by atoms with E-state index in [1.807, 2.05) is 30.3 Å². The molecule has 19 heavy (non-hydrogen) atoms. The number of ether oxygens (including phenoxy) is 3. The minimum atomic E-state index is 0.0666. The molecular formula is C14H20N2O3. The van der Waals surface area contributed by atoms with Crippen LogP contribution >= 0.6 is 0 Å². The Bertz CT molecular complexity index is 391. The summed E-state index contributed by atoms with van der Waals surface area (Å²) in [6.07, 6.45) is 0. The molecule has 1 N–H and O–H groups in total. The average molecular weight is 264 g/mol. The largest absolute Gasteiger partial charge is 0.478 e. The van der Waals surface area contributed by atoms with E-state index in [9.17, 15) is 0 Å². The number of hydrogen-bond donors (Lipinski definition) is 1. The van der Waals surface area contributed by atoms with Crippen LogP contribution in [0.1, 0.15) is 5.56 Å². The van der Waals surface area contributed by atoms with Crippen LogP contribution in [-0.4, -0.2) is 40.1 Å². The van der Waals surface area contributed by atoms with Gasteiger partial charge in [0, 0.05) is 25.8 Å². The topological polar surface area (TPSA) is 63.5 Å². The van der Waals surface area contributed by atoms with E-state index in [-0.39, 0.29) is 6.61 Å². The van der Waals surface area contributed by atoms with E-state index < -0.39 is 0 Å². The monoisotopic (exact) mass is 264 g/mol. The Labute approximate surface area is 114 Å². The van der Waals surface area contributed by atoms with Gasteiger partial charge in [-0.1, -0.05) is 18.2 Å². The minimum Gasteiger partial charge on any atom is -0.478 e. The summed E-state index contributed by atoms with van der Waals surface area (Å²) >= 11 is 0. The van der Waals surface area contributed by atoms with Crippen LogP contribution in [0.3, 0.4) is 0 Å². The SMILES string of the molecule is COCCOCCNCc1ccccc1OCC#N. The lowest BCUT2D eigenvalue weighted by Crippen LogP contribution is -2.20. The lowest BCUT2D eigenvalue weighted by molar-refractivity contribution is 0.0719. The molecular weight excluding hydrogens is 244 g/mol. The highest BCUT2D eigenvalue weighted by molar-refractivity contribution is 5.33. The van der Waals surface area contributed by atoms with E-state index in [1.54, 1.807) is 7.11 Å². The summed E-state index contributed by atoms with van der Waals surface area (Å²) in [5.74, 6) is 0.747. The molecule has 0 fully saturated rings. The summed E-state index contributed by atoms with van der Waals surface area (Å²) in [4.78, 5) is 0. The Morgan fingerprint density at radius 3 is 2.84 bits per heavy atom. The van der Waals surface area contributed by atoms with Crippen LogP contribution in [-0.2, 0) is 16.0 Å². The van der Waals surface area contributed by atoms with E-state index in [4.69, 9.17) is 19.5 Å². The number of nitriles is 1. The van der Waals surface area contributed by atoms with Crippen molar-refractivity contribution < 1.29 is 14.2 Å². The predicted molar refractivity (Wildman–Crippen MR) is 72.0 cm³/mol. The highest BCUT2D eigenvalue weighted by Crippen LogP contribution is 2.17. The first-order valence-electron chi connectivity index (χ1n) is 6.23. The Balaban J connectivity index is 2.23. The van der Waals surface area contributed by atoms with Crippen molar-refractivity contribution in [3.63, 3.8) is 0 Å². The van der Waals surface area contributed by atoms with Crippen molar-refractivity contribution in [3.05, 3.63) is 29.8 Å². The van der Waals surface area contributed by atoms with Gasteiger partial charge in [-0.05, 0) is 6.07 Å². The lowest BCUT2D eigenvalue weighted by atomic mass is 10.2. The second-order valence-corrected chi connectivity index (χ2v) is 3.84. The zero-order valence-electron chi connectivity index (χ0n) is 11.2. The van der Waals surface area contributed by atoms with E-state index >= 15 is 0 Å². The number of para-hydroxylation sites is 1. The first-order chi connectivity index (χ1) is 9.38. The van der Waals surface area contributed by atoms with Crippen molar-refractivity contribution >= 4 is 0 Å². The van der Waals surface area contributed by atoms with Crippen molar-refractivity contribution in [1.82, 2.24) is 5.32 Å². The summed E-state index contributed by atoms with van der Waals surface area (Å²) in [5.41, 5.74) is 1.04. The summed E-state index contributed by atoms with van der Waals surface area (Å²) in [5, 5.41) is 11.8. The fraction of sp³-hybridized carbons (Fsp3) is 0.500. The Morgan fingerprint density at radius 2 is 2.05 bits per heavy atom. The highest BCUT2D eigenvalue weighted by atomic mass is 16.5. The molecule has 0 aliphatic carbocycles. The molecule has 104 valence electrons. The summed E-state index contributed by atoms with van der Waals surface area (Å²) < 4.78 is 15.6. The number of methoxy groups -OCH3 is 1. The lowest BCUT2D eigenvalue weighted by Gasteiger charge is -2.10. The third-order valence-electron chi connectivity index (χ3n) is 2.44. The van der Waals surface area contributed by atoms with Crippen molar-refractivity contribution in [1.29, 1.82) is 5.26 Å². The second-order valence-electron chi connectivity index (χ2n) is 3.84. The maximum absolute atomic E-state index is 8.52. The third-order valence-corrected chi connectivity index (χ3v) is 2.44. The first kappa shape index (κ1) is 15.4. The van der Waals surface area contributed by atoms with Crippen molar-refractivity contribution in [2.75, 3.05) is 40.1 Å². The van der Waals surface area contributed by atoms with Crippen LogP contribution in [0, 0.1) is 11.3 Å². The minimum absolute atomic E-state index is 0.0666. The maximum atomic E-state index is 8.52. The molecule has 0 aliphatic heterocycles. The molecule has 0 heterocycles. The first-order valence-corrected chi connectivity index (χ1v) is 6.23. The predicted octanol–water partition coefficient (Wildman–Crippen LogP) is 1.34. The van der Waals surface area contributed by atoms with Crippen molar-refractivity contribution in [3.8, 4) is 11.8 Å². The molecule has 0 unspecified atom stereocenters. The van der Waals surface area contributed by atoms with Gasteiger partial charge in [0.1, 0.15) is 11.8 Å². The van der Waals surface area contributed by atoms with E-state index in [2.05, 4.69) is 5.32 Å². The zero-order chi connectivity index (χ0) is 13.8. The molecule has 0 saturated heterocycles. The van der Waals surface area contributed by atoms with Gasteiger partial charge in [-0.2, -0.15) is 5.26 Å². The standard InChI is InChI=1S/C14H20N2O3/c1-17-10-11-18-9-7-16-12-13-4-2-3-5-14(13)19-8-6-15/h2-5,16H,7-12H2,1H3. The molecule has 0 saturated carbocycles. The van der Waals surface area contributed by atoms with Gasteiger partial charge in [0.15, 0.2) is 6.61 Å². The van der Waals surface area contributed by atoms with Crippen LogP contribution in [0.2, 0.25) is 0 Å². The smallest absolute Gasteiger partial charge is 0.174 e. The van der Waals surface area contributed by atoms with Crippen LogP contribution in [0.4, 0.5) is 0 Å².